The summed E-state index contributed by atoms with van der Waals surface area (Å²) in [6, 6.07) is 0. The molecule has 0 aromatic carbocycles. The van der Waals surface area contributed by atoms with E-state index in [0.717, 1.165) is 5.01 Å². The summed E-state index contributed by atoms with van der Waals surface area (Å²) in [5, 5.41) is 7.76. The molecule has 2 heterocycles. The number of nitrogens with zero attached hydrogens (tertiary/aromatic N) is 3. The minimum Gasteiger partial charge on any atom is -0.338 e. The second-order valence-electron chi connectivity index (χ2n) is 2.90. The van der Waals surface area contributed by atoms with Crippen molar-refractivity contribution < 1.29 is 4.52 Å². The lowest BCUT2D eigenvalue weighted by Gasteiger charge is -1.96. The molecule has 0 saturated carbocycles. The van der Waals surface area contributed by atoms with Gasteiger partial charge in [0.05, 0.1) is 12.7 Å². The topological polar surface area (TPSA) is 63.8 Å². The highest BCUT2D eigenvalue weighted by Gasteiger charge is 2.03. The van der Waals surface area contributed by atoms with Crippen LogP contribution in [0.5, 0.6) is 0 Å². The quantitative estimate of drug-likeness (QED) is 0.888. The Labute approximate surface area is 95.5 Å². The zero-order valence-corrected chi connectivity index (χ0v) is 9.60. The number of hydrogen-bond donors (Lipinski definition) is 1. The summed E-state index contributed by atoms with van der Waals surface area (Å²) in [4.78, 5) is 8.17. The summed E-state index contributed by atoms with van der Waals surface area (Å²) in [7, 11) is 0. The zero-order chi connectivity index (χ0) is 10.7. The predicted octanol–water partition coefficient (Wildman–Crippen LogP) is 1.78. The average Bonchev–Trinajstić information content (AvgIpc) is 2.76. The van der Waals surface area contributed by atoms with E-state index in [4.69, 9.17) is 16.1 Å². The maximum Gasteiger partial charge on any atom is 0.240 e. The van der Waals surface area contributed by atoms with Crippen LogP contribution in [0.15, 0.2) is 10.7 Å². The third-order valence-corrected chi connectivity index (χ3v) is 2.76. The molecule has 2 rings (SSSR count). The predicted molar refractivity (Wildman–Crippen MR) is 56.7 cm³/mol. The van der Waals surface area contributed by atoms with Crippen LogP contribution in [0.25, 0.3) is 0 Å². The molecule has 0 spiro atoms. The Morgan fingerprint density at radius 1 is 1.53 bits per heavy atom. The van der Waals surface area contributed by atoms with Crippen LogP contribution in [0, 0.1) is 6.92 Å². The molecule has 0 unspecified atom stereocenters. The van der Waals surface area contributed by atoms with E-state index in [-0.39, 0.29) is 0 Å². The van der Waals surface area contributed by atoms with E-state index in [1.807, 2.05) is 0 Å². The molecular formula is C8H9ClN4OS. The summed E-state index contributed by atoms with van der Waals surface area (Å²) in [6.07, 6.45) is 1.64. The summed E-state index contributed by atoms with van der Waals surface area (Å²) in [6.45, 7) is 2.98. The highest BCUT2D eigenvalue weighted by molar-refractivity contribution is 7.15. The van der Waals surface area contributed by atoms with E-state index < -0.39 is 0 Å². The molecular weight excluding hydrogens is 236 g/mol. The Bertz CT molecular complexity index is 401. The smallest absolute Gasteiger partial charge is 0.240 e. The molecule has 2 aromatic heterocycles. The second kappa shape index (κ2) is 4.69. The molecule has 0 bridgehead atoms. The second-order valence-corrected chi connectivity index (χ2v) is 4.64. The number of halogens is 1. The molecule has 7 heteroatoms. The molecule has 0 aliphatic heterocycles. The first kappa shape index (κ1) is 10.5. The zero-order valence-electron chi connectivity index (χ0n) is 8.03. The lowest BCUT2D eigenvalue weighted by molar-refractivity contribution is 0.364. The van der Waals surface area contributed by atoms with Crippen molar-refractivity contribution in [1.29, 1.82) is 0 Å². The Kier molecular flexibility index (Phi) is 3.30. The van der Waals surface area contributed by atoms with Crippen LogP contribution in [0.1, 0.15) is 16.7 Å². The number of thiazole rings is 1. The average molecular weight is 245 g/mol. The fourth-order valence-electron chi connectivity index (χ4n) is 1.06. The molecule has 5 nitrogen and oxygen atoms in total. The Morgan fingerprint density at radius 3 is 3.00 bits per heavy atom. The Hall–Kier alpha value is -0.980. The number of rotatable bonds is 4. The van der Waals surface area contributed by atoms with Gasteiger partial charge in [-0.25, -0.2) is 4.98 Å². The van der Waals surface area contributed by atoms with Gasteiger partial charge in [0.2, 0.25) is 5.89 Å². The normalized spacial score (nSPS) is 10.8. The van der Waals surface area contributed by atoms with Crippen molar-refractivity contribution in [1.82, 2.24) is 20.4 Å². The first-order valence-corrected chi connectivity index (χ1v) is 5.53. The largest absolute Gasteiger partial charge is 0.338 e. The van der Waals surface area contributed by atoms with Crippen LogP contribution in [0.4, 0.5) is 0 Å². The van der Waals surface area contributed by atoms with Crippen LogP contribution in [0.3, 0.4) is 0 Å². The lowest BCUT2D eigenvalue weighted by Crippen LogP contribution is -2.12. The van der Waals surface area contributed by atoms with Gasteiger partial charge in [-0.2, -0.15) is 4.98 Å². The molecule has 15 heavy (non-hydrogen) atoms. The van der Waals surface area contributed by atoms with E-state index in [9.17, 15) is 0 Å². The monoisotopic (exact) mass is 244 g/mol. The van der Waals surface area contributed by atoms with Gasteiger partial charge in [0.1, 0.15) is 9.34 Å². The molecule has 0 fully saturated rings. The minimum absolute atomic E-state index is 0.540. The molecule has 80 valence electrons. The first-order valence-electron chi connectivity index (χ1n) is 4.34. The van der Waals surface area contributed by atoms with Crippen molar-refractivity contribution in [2.75, 3.05) is 0 Å². The van der Waals surface area contributed by atoms with Crippen molar-refractivity contribution in [2.24, 2.45) is 0 Å². The van der Waals surface area contributed by atoms with Gasteiger partial charge in [-0.3, -0.25) is 0 Å². The van der Waals surface area contributed by atoms with Crippen LogP contribution >= 0.6 is 22.9 Å². The van der Waals surface area contributed by atoms with Gasteiger partial charge >= 0.3 is 0 Å². The van der Waals surface area contributed by atoms with E-state index in [1.54, 1.807) is 13.1 Å². The molecule has 0 aliphatic carbocycles. The van der Waals surface area contributed by atoms with Gasteiger partial charge in [0, 0.05) is 6.54 Å². The molecule has 0 saturated heterocycles. The summed E-state index contributed by atoms with van der Waals surface area (Å²) in [5.74, 6) is 1.22. The van der Waals surface area contributed by atoms with Gasteiger partial charge in [-0.05, 0) is 6.92 Å². The molecule has 0 radical (unpaired) electrons. The summed E-state index contributed by atoms with van der Waals surface area (Å²) < 4.78 is 5.64. The lowest BCUT2D eigenvalue weighted by atomic mass is 10.5. The van der Waals surface area contributed by atoms with Crippen molar-refractivity contribution in [3.05, 3.63) is 27.3 Å². The van der Waals surface area contributed by atoms with Gasteiger partial charge in [-0.15, -0.1) is 11.3 Å². The standard InChI is InChI=1S/C8H9ClN4OS/c1-5-12-7(14-13-5)3-10-4-8-11-2-6(9)15-8/h2,10H,3-4H2,1H3. The van der Waals surface area contributed by atoms with Gasteiger partial charge in [0.15, 0.2) is 5.82 Å². The van der Waals surface area contributed by atoms with Crippen LogP contribution in [0.2, 0.25) is 4.34 Å². The molecule has 2 aromatic rings. The summed E-state index contributed by atoms with van der Waals surface area (Å²) >= 11 is 7.20. The molecule has 0 aliphatic rings. The number of aryl methyl sites for hydroxylation is 1. The first-order chi connectivity index (χ1) is 7.24. The maximum absolute atomic E-state index is 5.75. The van der Waals surface area contributed by atoms with E-state index in [1.165, 1.54) is 11.3 Å². The molecule has 0 amide bonds. The van der Waals surface area contributed by atoms with E-state index in [2.05, 4.69) is 20.4 Å². The van der Waals surface area contributed by atoms with Crippen LogP contribution in [-0.2, 0) is 13.1 Å². The van der Waals surface area contributed by atoms with Crippen LogP contribution < -0.4 is 5.32 Å². The minimum atomic E-state index is 0.540. The third-order valence-electron chi connectivity index (χ3n) is 1.65. The van der Waals surface area contributed by atoms with Gasteiger partial charge in [-0.1, -0.05) is 16.8 Å². The van der Waals surface area contributed by atoms with Crippen LogP contribution in [-0.4, -0.2) is 15.1 Å². The Morgan fingerprint density at radius 2 is 2.40 bits per heavy atom. The molecule has 0 atom stereocenters. The molecule has 1 N–H and O–H groups in total. The van der Waals surface area contributed by atoms with Crippen molar-refractivity contribution >= 4 is 22.9 Å². The highest BCUT2D eigenvalue weighted by Crippen LogP contribution is 2.17. The van der Waals surface area contributed by atoms with Gasteiger partial charge in [0.25, 0.3) is 0 Å². The Balaban J connectivity index is 1.80. The number of nitrogens with one attached hydrogen (secondary N) is 1. The van der Waals surface area contributed by atoms with E-state index >= 15 is 0 Å². The number of hydrogen-bond acceptors (Lipinski definition) is 6. The van der Waals surface area contributed by atoms with Gasteiger partial charge < -0.3 is 9.84 Å². The maximum atomic E-state index is 5.75. The number of aromatic nitrogens is 3. The fourth-order valence-corrected chi connectivity index (χ4v) is 1.98. The fraction of sp³-hybridized carbons (Fsp3) is 0.375. The van der Waals surface area contributed by atoms with Crippen molar-refractivity contribution in [3.63, 3.8) is 0 Å². The van der Waals surface area contributed by atoms with E-state index in [0.29, 0.717) is 29.1 Å². The third kappa shape index (κ3) is 2.98. The van der Waals surface area contributed by atoms with Crippen molar-refractivity contribution in [2.45, 2.75) is 20.0 Å². The summed E-state index contributed by atoms with van der Waals surface area (Å²) in [5.41, 5.74) is 0. The SMILES string of the molecule is Cc1noc(CNCc2ncc(Cl)s2)n1. The highest BCUT2D eigenvalue weighted by atomic mass is 35.5. The van der Waals surface area contributed by atoms with Crippen molar-refractivity contribution in [3.8, 4) is 0 Å².